The maximum atomic E-state index is 12.7. The predicted octanol–water partition coefficient (Wildman–Crippen LogP) is 3.83. The van der Waals surface area contributed by atoms with Gasteiger partial charge in [0.2, 0.25) is 0 Å². The second kappa shape index (κ2) is 7.36. The molecule has 1 N–H and O–H groups in total. The van der Waals surface area contributed by atoms with Crippen LogP contribution in [-0.2, 0) is 6.54 Å². The van der Waals surface area contributed by atoms with Crippen molar-refractivity contribution >= 4 is 23.2 Å². The molecule has 0 aliphatic carbocycles. The van der Waals surface area contributed by atoms with E-state index in [9.17, 15) is 9.59 Å². The lowest BCUT2D eigenvalue weighted by Crippen LogP contribution is -2.26. The van der Waals surface area contributed by atoms with Gasteiger partial charge in [-0.15, -0.1) is 11.3 Å². The average molecular weight is 383 g/mol. The number of aromatic carboxylic acids is 1. The van der Waals surface area contributed by atoms with Gasteiger partial charge in [-0.25, -0.2) is 9.48 Å². The van der Waals surface area contributed by atoms with Crippen molar-refractivity contribution in [1.29, 1.82) is 0 Å². The number of carbonyl (C=O) groups is 2. The third-order valence-corrected chi connectivity index (χ3v) is 5.62. The number of amides is 1. The topological polar surface area (TPSA) is 75.4 Å². The van der Waals surface area contributed by atoms with Gasteiger partial charge < -0.3 is 10.0 Å². The number of para-hydroxylation sites is 1. The second-order valence-electron chi connectivity index (χ2n) is 6.48. The molecule has 0 fully saturated rings. The third-order valence-electron chi connectivity index (χ3n) is 4.55. The molecule has 0 spiro atoms. The molecule has 0 saturated carbocycles. The van der Waals surface area contributed by atoms with Crippen LogP contribution < -0.4 is 0 Å². The number of rotatable bonds is 5. The highest BCUT2D eigenvalue weighted by molar-refractivity contribution is 7.15. The summed E-state index contributed by atoms with van der Waals surface area (Å²) in [6.07, 6.45) is 0. The van der Waals surface area contributed by atoms with Crippen LogP contribution in [0.2, 0.25) is 0 Å². The second-order valence-corrected chi connectivity index (χ2v) is 7.56. The van der Waals surface area contributed by atoms with E-state index in [2.05, 4.69) is 5.10 Å². The number of carboxylic acid groups (broad SMARTS) is 1. The molecule has 1 aromatic carbocycles. The highest BCUT2D eigenvalue weighted by Crippen LogP contribution is 2.23. The summed E-state index contributed by atoms with van der Waals surface area (Å²) in [5.41, 5.74) is 4.98. The van der Waals surface area contributed by atoms with E-state index in [4.69, 9.17) is 5.11 Å². The van der Waals surface area contributed by atoms with E-state index in [-0.39, 0.29) is 10.8 Å². The molecule has 2 aromatic heterocycles. The zero-order valence-electron chi connectivity index (χ0n) is 15.7. The maximum absolute atomic E-state index is 12.7. The summed E-state index contributed by atoms with van der Waals surface area (Å²) < 4.78 is 1.91. The predicted molar refractivity (Wildman–Crippen MR) is 105 cm³/mol. The first-order valence-corrected chi connectivity index (χ1v) is 9.31. The van der Waals surface area contributed by atoms with Crippen molar-refractivity contribution < 1.29 is 14.7 Å². The zero-order valence-corrected chi connectivity index (χ0v) is 16.5. The molecular weight excluding hydrogens is 362 g/mol. The number of hydrogen-bond donors (Lipinski definition) is 1. The number of carbonyl (C=O) groups excluding carboxylic acids is 1. The minimum absolute atomic E-state index is 0.159. The van der Waals surface area contributed by atoms with E-state index in [0.29, 0.717) is 11.4 Å². The van der Waals surface area contributed by atoms with Gasteiger partial charge in [-0.2, -0.15) is 5.10 Å². The van der Waals surface area contributed by atoms with E-state index >= 15 is 0 Å². The molecule has 6 nitrogen and oxygen atoms in total. The quantitative estimate of drug-likeness (QED) is 0.726. The van der Waals surface area contributed by atoms with Gasteiger partial charge in [-0.3, -0.25) is 4.79 Å². The Morgan fingerprint density at radius 3 is 2.41 bits per heavy atom. The summed E-state index contributed by atoms with van der Waals surface area (Å²) in [4.78, 5) is 25.8. The van der Waals surface area contributed by atoms with Gasteiger partial charge in [0.1, 0.15) is 4.88 Å². The Kier molecular flexibility index (Phi) is 5.14. The van der Waals surface area contributed by atoms with Crippen molar-refractivity contribution in [2.24, 2.45) is 0 Å². The number of thiophene rings is 1. The number of benzene rings is 1. The first-order chi connectivity index (χ1) is 12.8. The lowest BCUT2D eigenvalue weighted by Gasteiger charge is -2.17. The number of nitrogens with zero attached hydrogens (tertiary/aromatic N) is 3. The third kappa shape index (κ3) is 3.64. The average Bonchev–Trinajstić information content (AvgIpc) is 3.22. The van der Waals surface area contributed by atoms with Crippen molar-refractivity contribution in [2.75, 3.05) is 7.05 Å². The standard InChI is InChI=1S/C20H21N3O3S/c1-12-7-5-6-8-16(12)23-14(3)15(13(2)21-23)11-22(4)19(24)17-9-10-18(27-17)20(25)26/h5-10H,11H2,1-4H3,(H,25,26). The van der Waals surface area contributed by atoms with Gasteiger partial charge >= 0.3 is 5.97 Å². The Bertz CT molecular complexity index is 1020. The van der Waals surface area contributed by atoms with Crippen LogP contribution in [0.5, 0.6) is 0 Å². The summed E-state index contributed by atoms with van der Waals surface area (Å²) in [7, 11) is 1.71. The minimum atomic E-state index is -1.02. The summed E-state index contributed by atoms with van der Waals surface area (Å²) in [6.45, 7) is 6.37. The Balaban J connectivity index is 1.86. The molecule has 0 unspecified atom stereocenters. The van der Waals surface area contributed by atoms with Gasteiger partial charge in [0.15, 0.2) is 0 Å². The zero-order chi connectivity index (χ0) is 19.7. The summed E-state index contributed by atoms with van der Waals surface area (Å²) in [6, 6.07) is 11.0. The summed E-state index contributed by atoms with van der Waals surface area (Å²) >= 11 is 0.989. The molecule has 0 radical (unpaired) electrons. The number of carboxylic acids is 1. The molecule has 0 aliphatic heterocycles. The molecule has 3 rings (SSSR count). The smallest absolute Gasteiger partial charge is 0.345 e. The Morgan fingerprint density at radius 2 is 1.78 bits per heavy atom. The number of hydrogen-bond acceptors (Lipinski definition) is 4. The van der Waals surface area contributed by atoms with Gasteiger partial charge in [0.25, 0.3) is 5.91 Å². The van der Waals surface area contributed by atoms with E-state index in [1.54, 1.807) is 18.0 Å². The molecule has 0 aliphatic rings. The van der Waals surface area contributed by atoms with Crippen LogP contribution in [-0.4, -0.2) is 38.7 Å². The molecule has 3 aromatic rings. The Morgan fingerprint density at radius 1 is 1.11 bits per heavy atom. The highest BCUT2D eigenvalue weighted by Gasteiger charge is 2.20. The number of aryl methyl sites for hydroxylation is 2. The van der Waals surface area contributed by atoms with E-state index in [1.807, 2.05) is 49.7 Å². The fourth-order valence-corrected chi connectivity index (χ4v) is 3.84. The fourth-order valence-electron chi connectivity index (χ4n) is 3.00. The first kappa shape index (κ1) is 18.8. The van der Waals surface area contributed by atoms with Crippen LogP contribution in [0.3, 0.4) is 0 Å². The molecular formula is C20H21N3O3S. The van der Waals surface area contributed by atoms with Gasteiger partial charge in [0.05, 0.1) is 16.3 Å². The van der Waals surface area contributed by atoms with Gasteiger partial charge in [-0.1, -0.05) is 18.2 Å². The lowest BCUT2D eigenvalue weighted by atomic mass is 10.1. The Hall–Kier alpha value is -2.93. The lowest BCUT2D eigenvalue weighted by molar-refractivity contribution is 0.0701. The molecule has 7 heteroatoms. The molecule has 0 saturated heterocycles. The van der Waals surface area contributed by atoms with Crippen LogP contribution in [0.1, 0.15) is 41.9 Å². The van der Waals surface area contributed by atoms with Crippen LogP contribution in [0.4, 0.5) is 0 Å². The molecule has 27 heavy (non-hydrogen) atoms. The van der Waals surface area contributed by atoms with Crippen molar-refractivity contribution in [2.45, 2.75) is 27.3 Å². The summed E-state index contributed by atoms with van der Waals surface area (Å²) in [5.74, 6) is -1.22. The molecule has 0 atom stereocenters. The molecule has 140 valence electrons. The Labute approximate surface area is 161 Å². The van der Waals surface area contributed by atoms with Crippen molar-refractivity contribution in [3.05, 3.63) is 68.7 Å². The van der Waals surface area contributed by atoms with E-state index in [1.165, 1.54) is 6.07 Å². The number of aromatic nitrogens is 2. The van der Waals surface area contributed by atoms with E-state index in [0.717, 1.165) is 39.5 Å². The van der Waals surface area contributed by atoms with Gasteiger partial charge in [0, 0.05) is 24.8 Å². The van der Waals surface area contributed by atoms with Crippen LogP contribution >= 0.6 is 11.3 Å². The van der Waals surface area contributed by atoms with Crippen LogP contribution in [0.25, 0.3) is 5.69 Å². The largest absolute Gasteiger partial charge is 0.477 e. The molecule has 2 heterocycles. The van der Waals surface area contributed by atoms with Crippen molar-refractivity contribution in [3.8, 4) is 5.69 Å². The monoisotopic (exact) mass is 383 g/mol. The minimum Gasteiger partial charge on any atom is -0.477 e. The van der Waals surface area contributed by atoms with Crippen molar-refractivity contribution in [3.63, 3.8) is 0 Å². The molecule has 1 amide bonds. The normalized spacial score (nSPS) is 10.8. The maximum Gasteiger partial charge on any atom is 0.345 e. The highest BCUT2D eigenvalue weighted by atomic mass is 32.1. The van der Waals surface area contributed by atoms with Crippen molar-refractivity contribution in [1.82, 2.24) is 14.7 Å². The van der Waals surface area contributed by atoms with Crippen LogP contribution in [0, 0.1) is 20.8 Å². The summed E-state index contributed by atoms with van der Waals surface area (Å²) in [5, 5.41) is 13.7. The van der Waals surface area contributed by atoms with Crippen LogP contribution in [0.15, 0.2) is 36.4 Å². The van der Waals surface area contributed by atoms with E-state index < -0.39 is 5.97 Å². The fraction of sp³-hybridized carbons (Fsp3) is 0.250. The SMILES string of the molecule is Cc1ccccc1-n1nc(C)c(CN(C)C(=O)c2ccc(C(=O)O)s2)c1C. The van der Waals surface area contributed by atoms with Gasteiger partial charge in [-0.05, 0) is 44.5 Å². The molecule has 0 bridgehead atoms. The first-order valence-electron chi connectivity index (χ1n) is 8.49.